The third-order valence-electron chi connectivity index (χ3n) is 2.95. The van der Waals surface area contributed by atoms with Gasteiger partial charge in [-0.3, -0.25) is 4.79 Å². The van der Waals surface area contributed by atoms with Gasteiger partial charge in [-0.05, 0) is 17.7 Å². The Labute approximate surface area is 129 Å². The minimum Gasteiger partial charge on any atom is -0.490 e. The van der Waals surface area contributed by atoms with Gasteiger partial charge in [-0.15, -0.1) is 0 Å². The van der Waals surface area contributed by atoms with Gasteiger partial charge in [-0.2, -0.15) is 0 Å². The first kappa shape index (κ1) is 15.9. The quantitative estimate of drug-likeness (QED) is 0.554. The van der Waals surface area contributed by atoms with Gasteiger partial charge in [0.25, 0.3) is 0 Å². The van der Waals surface area contributed by atoms with Crippen molar-refractivity contribution in [3.05, 3.63) is 53.6 Å². The van der Waals surface area contributed by atoms with Crippen molar-refractivity contribution in [3.8, 4) is 17.2 Å². The molecule has 0 aliphatic carbocycles. The summed E-state index contributed by atoms with van der Waals surface area (Å²) in [5.41, 5.74) is 1.45. The average molecular weight is 302 g/mol. The minimum atomic E-state index is 0.0524. The number of hydrogen-bond acceptors (Lipinski definition) is 5. The summed E-state index contributed by atoms with van der Waals surface area (Å²) in [5, 5.41) is 0. The average Bonchev–Trinajstić information content (AvgIpc) is 2.58. The van der Waals surface area contributed by atoms with Gasteiger partial charge >= 0.3 is 0 Å². The lowest BCUT2D eigenvalue weighted by atomic mass is 10.2. The van der Waals surface area contributed by atoms with E-state index < -0.39 is 0 Å². The van der Waals surface area contributed by atoms with E-state index in [9.17, 15) is 4.79 Å². The molecule has 5 nitrogen and oxygen atoms in total. The van der Waals surface area contributed by atoms with Crippen molar-refractivity contribution in [1.29, 1.82) is 0 Å². The Morgan fingerprint density at radius 3 is 2.27 bits per heavy atom. The molecule has 0 amide bonds. The van der Waals surface area contributed by atoms with Crippen molar-refractivity contribution >= 4 is 6.29 Å². The Bertz CT molecular complexity index is 610. The molecule has 0 fully saturated rings. The number of aldehydes is 1. The Balaban J connectivity index is 2.25. The van der Waals surface area contributed by atoms with Crippen molar-refractivity contribution < 1.29 is 23.7 Å². The highest BCUT2D eigenvalue weighted by molar-refractivity contribution is 5.78. The van der Waals surface area contributed by atoms with Gasteiger partial charge in [-0.25, -0.2) is 0 Å². The Morgan fingerprint density at radius 2 is 1.68 bits per heavy atom. The maximum Gasteiger partial charge on any atom is 0.203 e. The molecule has 0 aliphatic heterocycles. The molecule has 0 bridgehead atoms. The van der Waals surface area contributed by atoms with Crippen LogP contribution in [0.2, 0.25) is 0 Å². The Kier molecular flexibility index (Phi) is 5.80. The number of rotatable bonds is 8. The summed E-state index contributed by atoms with van der Waals surface area (Å²) in [6.07, 6.45) is 0.731. The maximum absolute atomic E-state index is 11.1. The molecule has 2 aromatic rings. The van der Waals surface area contributed by atoms with Crippen molar-refractivity contribution in [3.63, 3.8) is 0 Å². The zero-order chi connectivity index (χ0) is 15.8. The van der Waals surface area contributed by atoms with E-state index in [1.807, 2.05) is 30.3 Å². The fourth-order valence-corrected chi connectivity index (χ4v) is 1.94. The number of carbonyl (C=O) groups excluding carboxylic acids is 1. The first-order chi connectivity index (χ1) is 10.8. The van der Waals surface area contributed by atoms with Gasteiger partial charge in [0.2, 0.25) is 5.75 Å². The summed E-state index contributed by atoms with van der Waals surface area (Å²) in [5.74, 6) is 1.28. The van der Waals surface area contributed by atoms with Gasteiger partial charge < -0.3 is 18.9 Å². The highest BCUT2D eigenvalue weighted by Gasteiger charge is 2.14. The van der Waals surface area contributed by atoms with Gasteiger partial charge in [0.1, 0.15) is 12.9 Å². The third-order valence-corrected chi connectivity index (χ3v) is 2.95. The summed E-state index contributed by atoms with van der Waals surface area (Å²) < 4.78 is 21.4. The van der Waals surface area contributed by atoms with Crippen molar-refractivity contribution in [2.45, 2.75) is 6.61 Å². The molecule has 22 heavy (non-hydrogen) atoms. The van der Waals surface area contributed by atoms with Gasteiger partial charge in [0.05, 0.1) is 7.11 Å². The smallest absolute Gasteiger partial charge is 0.203 e. The second-order valence-electron chi connectivity index (χ2n) is 4.49. The lowest BCUT2D eigenvalue weighted by Crippen LogP contribution is -2.04. The van der Waals surface area contributed by atoms with E-state index in [4.69, 9.17) is 18.9 Å². The maximum atomic E-state index is 11.1. The van der Waals surface area contributed by atoms with E-state index in [-0.39, 0.29) is 6.79 Å². The van der Waals surface area contributed by atoms with Crippen LogP contribution in [0, 0.1) is 0 Å². The van der Waals surface area contributed by atoms with Crippen LogP contribution in [0.1, 0.15) is 15.9 Å². The SMILES string of the molecule is COCOc1cc(C=O)cc(OCc2ccccc2)c1OC. The summed E-state index contributed by atoms with van der Waals surface area (Å²) in [7, 11) is 3.04. The molecule has 2 rings (SSSR count). The number of methoxy groups -OCH3 is 2. The normalized spacial score (nSPS) is 10.1. The molecule has 0 radical (unpaired) electrons. The lowest BCUT2D eigenvalue weighted by Gasteiger charge is -2.15. The molecule has 0 atom stereocenters. The van der Waals surface area contributed by atoms with Gasteiger partial charge in [0, 0.05) is 12.7 Å². The molecule has 0 saturated carbocycles. The van der Waals surface area contributed by atoms with Crippen molar-refractivity contribution in [2.24, 2.45) is 0 Å². The number of hydrogen-bond donors (Lipinski definition) is 0. The first-order valence-electron chi connectivity index (χ1n) is 6.74. The summed E-state index contributed by atoms with van der Waals surface area (Å²) in [6.45, 7) is 0.417. The standard InChI is InChI=1S/C17H18O5/c1-19-12-22-16-9-14(10-18)8-15(17(16)20-2)21-11-13-6-4-3-5-7-13/h3-10H,11-12H2,1-2H3. The monoisotopic (exact) mass is 302 g/mol. The molecule has 2 aromatic carbocycles. The molecule has 0 saturated heterocycles. The fraction of sp³-hybridized carbons (Fsp3) is 0.235. The topological polar surface area (TPSA) is 54.0 Å². The van der Waals surface area contributed by atoms with E-state index in [2.05, 4.69) is 0 Å². The molecule has 0 heterocycles. The second-order valence-corrected chi connectivity index (χ2v) is 4.49. The van der Waals surface area contributed by atoms with Gasteiger partial charge in [-0.1, -0.05) is 30.3 Å². The van der Waals surface area contributed by atoms with Crippen LogP contribution in [0.3, 0.4) is 0 Å². The fourth-order valence-electron chi connectivity index (χ4n) is 1.94. The predicted octanol–water partition coefficient (Wildman–Crippen LogP) is 3.07. The highest BCUT2D eigenvalue weighted by atomic mass is 16.7. The molecule has 0 unspecified atom stereocenters. The van der Waals surface area contributed by atoms with Crippen LogP contribution in [0.15, 0.2) is 42.5 Å². The molecular weight excluding hydrogens is 284 g/mol. The van der Waals surface area contributed by atoms with Crippen LogP contribution in [-0.4, -0.2) is 27.3 Å². The zero-order valence-corrected chi connectivity index (χ0v) is 12.6. The van der Waals surface area contributed by atoms with E-state index >= 15 is 0 Å². The zero-order valence-electron chi connectivity index (χ0n) is 12.6. The van der Waals surface area contributed by atoms with Crippen LogP contribution < -0.4 is 14.2 Å². The highest BCUT2D eigenvalue weighted by Crippen LogP contribution is 2.38. The van der Waals surface area contributed by atoms with Crippen molar-refractivity contribution in [2.75, 3.05) is 21.0 Å². The van der Waals surface area contributed by atoms with Crippen molar-refractivity contribution in [1.82, 2.24) is 0 Å². The van der Waals surface area contributed by atoms with E-state index in [0.29, 0.717) is 29.4 Å². The lowest BCUT2D eigenvalue weighted by molar-refractivity contribution is 0.0487. The minimum absolute atomic E-state index is 0.0524. The summed E-state index contributed by atoms with van der Waals surface area (Å²) in [6, 6.07) is 12.9. The van der Waals surface area contributed by atoms with E-state index in [0.717, 1.165) is 11.8 Å². The molecule has 0 N–H and O–H groups in total. The van der Waals surface area contributed by atoms with E-state index in [1.165, 1.54) is 14.2 Å². The van der Waals surface area contributed by atoms with Gasteiger partial charge in [0.15, 0.2) is 18.3 Å². The number of benzene rings is 2. The van der Waals surface area contributed by atoms with Crippen LogP contribution in [0.5, 0.6) is 17.2 Å². The molecule has 116 valence electrons. The van der Waals surface area contributed by atoms with Crippen LogP contribution in [0.25, 0.3) is 0 Å². The Hall–Kier alpha value is -2.53. The Morgan fingerprint density at radius 1 is 1.00 bits per heavy atom. The summed E-state index contributed by atoms with van der Waals surface area (Å²) in [4.78, 5) is 11.1. The molecule has 0 aliphatic rings. The number of ether oxygens (including phenoxy) is 4. The second kappa shape index (κ2) is 8.05. The van der Waals surface area contributed by atoms with Crippen LogP contribution in [-0.2, 0) is 11.3 Å². The molecule has 0 spiro atoms. The predicted molar refractivity (Wildman–Crippen MR) is 81.7 cm³/mol. The summed E-state index contributed by atoms with van der Waals surface area (Å²) >= 11 is 0. The number of carbonyl (C=O) groups is 1. The first-order valence-corrected chi connectivity index (χ1v) is 6.74. The van der Waals surface area contributed by atoms with Crippen LogP contribution >= 0.6 is 0 Å². The third kappa shape index (κ3) is 3.99. The largest absolute Gasteiger partial charge is 0.490 e. The van der Waals surface area contributed by atoms with E-state index in [1.54, 1.807) is 12.1 Å². The molecule has 0 aromatic heterocycles. The molecular formula is C17H18O5. The molecule has 5 heteroatoms. The van der Waals surface area contributed by atoms with Crippen LogP contribution in [0.4, 0.5) is 0 Å².